The Balaban J connectivity index is 2.17. The maximum absolute atomic E-state index is 14.2. The molecule has 0 radical (unpaired) electrons. The van der Waals surface area contributed by atoms with Gasteiger partial charge in [0.15, 0.2) is 5.78 Å². The van der Waals surface area contributed by atoms with Crippen molar-refractivity contribution in [1.82, 2.24) is 0 Å². The van der Waals surface area contributed by atoms with E-state index in [1.165, 1.54) is 19.1 Å². The zero-order chi connectivity index (χ0) is 18.1. The fraction of sp³-hybridized carbons (Fsp3) is 0.600. The van der Waals surface area contributed by atoms with Crippen molar-refractivity contribution < 1.29 is 9.18 Å². The van der Waals surface area contributed by atoms with Crippen LogP contribution in [0.15, 0.2) is 12.1 Å². The van der Waals surface area contributed by atoms with Crippen molar-refractivity contribution >= 4 is 17.2 Å². The standard InChI is InChI=1S/C20H29FN2O/c1-12(22)16-10-17(13(2)24)18(21)11-19(16)23-15-8-6-14(7-9-15)20(3,4)5/h10-11,14-15,22-23H,6-9H2,1-5H3. The van der Waals surface area contributed by atoms with E-state index in [1.54, 1.807) is 6.92 Å². The molecule has 2 rings (SSSR count). The first kappa shape index (κ1) is 18.6. The van der Waals surface area contributed by atoms with Gasteiger partial charge in [0.05, 0.1) is 5.56 Å². The maximum atomic E-state index is 14.2. The van der Waals surface area contributed by atoms with Gasteiger partial charge in [-0.15, -0.1) is 0 Å². The highest BCUT2D eigenvalue weighted by Crippen LogP contribution is 2.38. The molecule has 0 heterocycles. The Bertz CT molecular complexity index is 638. The fourth-order valence-electron chi connectivity index (χ4n) is 3.60. The third kappa shape index (κ3) is 4.22. The molecule has 0 saturated heterocycles. The first-order valence-corrected chi connectivity index (χ1v) is 8.76. The molecule has 3 nitrogen and oxygen atoms in total. The summed E-state index contributed by atoms with van der Waals surface area (Å²) in [6.07, 6.45) is 4.42. The number of hydrogen-bond donors (Lipinski definition) is 2. The minimum atomic E-state index is -0.515. The Morgan fingerprint density at radius 2 is 1.71 bits per heavy atom. The molecule has 0 aliphatic heterocycles. The number of halogens is 1. The second-order valence-electron chi connectivity index (χ2n) is 8.12. The number of anilines is 1. The van der Waals surface area contributed by atoms with Crippen LogP contribution in [-0.2, 0) is 0 Å². The van der Waals surface area contributed by atoms with Gasteiger partial charge in [-0.3, -0.25) is 4.79 Å². The highest BCUT2D eigenvalue weighted by atomic mass is 19.1. The highest BCUT2D eigenvalue weighted by molar-refractivity contribution is 6.04. The quantitative estimate of drug-likeness (QED) is 0.570. The Morgan fingerprint density at radius 1 is 1.12 bits per heavy atom. The molecule has 4 heteroatoms. The summed E-state index contributed by atoms with van der Waals surface area (Å²) in [6.45, 7) is 9.88. The SMILES string of the molecule is CC(=N)c1cc(C(C)=O)c(F)cc1NC1CCC(C(C)(C)C)CC1. The molecule has 1 fully saturated rings. The maximum Gasteiger partial charge on any atom is 0.162 e. The van der Waals surface area contributed by atoms with Crippen LogP contribution in [0.5, 0.6) is 0 Å². The minimum absolute atomic E-state index is 0.0543. The Labute approximate surface area is 144 Å². The van der Waals surface area contributed by atoms with E-state index < -0.39 is 5.82 Å². The van der Waals surface area contributed by atoms with E-state index in [0.29, 0.717) is 28.4 Å². The number of benzene rings is 1. The summed E-state index contributed by atoms with van der Waals surface area (Å²) in [7, 11) is 0. The van der Waals surface area contributed by atoms with Crippen LogP contribution in [0.3, 0.4) is 0 Å². The normalized spacial score (nSPS) is 21.4. The van der Waals surface area contributed by atoms with Crippen LogP contribution in [0, 0.1) is 22.6 Å². The Hall–Kier alpha value is -1.71. The zero-order valence-electron chi connectivity index (χ0n) is 15.4. The van der Waals surface area contributed by atoms with Crippen LogP contribution in [0.2, 0.25) is 0 Å². The number of hydrogen-bond acceptors (Lipinski definition) is 3. The summed E-state index contributed by atoms with van der Waals surface area (Å²) in [4.78, 5) is 11.5. The third-order valence-electron chi connectivity index (χ3n) is 5.20. The lowest BCUT2D eigenvalue weighted by Crippen LogP contribution is -2.32. The lowest BCUT2D eigenvalue weighted by molar-refractivity contribution is 0.101. The van der Waals surface area contributed by atoms with Crippen molar-refractivity contribution in [2.45, 2.75) is 66.3 Å². The van der Waals surface area contributed by atoms with Crippen LogP contribution >= 0.6 is 0 Å². The molecule has 0 aromatic heterocycles. The summed E-state index contributed by atoms with van der Waals surface area (Å²) in [5.74, 6) is -0.109. The molecular formula is C20H29FN2O. The van der Waals surface area contributed by atoms with Gasteiger partial charge < -0.3 is 10.7 Å². The van der Waals surface area contributed by atoms with Crippen molar-refractivity contribution in [3.05, 3.63) is 29.1 Å². The van der Waals surface area contributed by atoms with Crippen LogP contribution in [-0.4, -0.2) is 17.5 Å². The Kier molecular flexibility index (Phi) is 5.46. The predicted molar refractivity (Wildman–Crippen MR) is 97.7 cm³/mol. The predicted octanol–water partition coefficient (Wildman–Crippen LogP) is 5.43. The van der Waals surface area contributed by atoms with Gasteiger partial charge in [0.2, 0.25) is 0 Å². The molecule has 1 aliphatic rings. The van der Waals surface area contributed by atoms with E-state index in [1.807, 2.05) is 0 Å². The summed E-state index contributed by atoms with van der Waals surface area (Å²) >= 11 is 0. The Morgan fingerprint density at radius 3 is 2.17 bits per heavy atom. The molecular weight excluding hydrogens is 303 g/mol. The van der Waals surface area contributed by atoms with Crippen LogP contribution in [0.4, 0.5) is 10.1 Å². The summed E-state index contributed by atoms with van der Waals surface area (Å²) in [6, 6.07) is 3.17. The van der Waals surface area contributed by atoms with Gasteiger partial charge in [0, 0.05) is 23.0 Å². The smallest absolute Gasteiger partial charge is 0.162 e. The van der Waals surface area contributed by atoms with Crippen molar-refractivity contribution in [2.75, 3.05) is 5.32 Å². The number of ketones is 1. The number of Topliss-reactive ketones (excluding diaryl/α,β-unsaturated/α-hetero) is 1. The molecule has 2 N–H and O–H groups in total. The van der Waals surface area contributed by atoms with E-state index in [2.05, 4.69) is 26.1 Å². The van der Waals surface area contributed by atoms with E-state index in [4.69, 9.17) is 5.41 Å². The number of nitrogens with one attached hydrogen (secondary N) is 2. The first-order chi connectivity index (χ1) is 11.1. The number of carbonyl (C=O) groups is 1. The van der Waals surface area contributed by atoms with Gasteiger partial charge in [-0.25, -0.2) is 4.39 Å². The highest BCUT2D eigenvalue weighted by Gasteiger charge is 2.30. The molecule has 1 aromatic carbocycles. The van der Waals surface area contributed by atoms with Crippen molar-refractivity contribution in [2.24, 2.45) is 11.3 Å². The fourth-order valence-corrected chi connectivity index (χ4v) is 3.60. The molecule has 24 heavy (non-hydrogen) atoms. The van der Waals surface area contributed by atoms with Crippen LogP contribution in [0.1, 0.15) is 76.2 Å². The molecule has 1 aromatic rings. The van der Waals surface area contributed by atoms with E-state index in [9.17, 15) is 9.18 Å². The van der Waals surface area contributed by atoms with Gasteiger partial charge in [-0.1, -0.05) is 20.8 Å². The summed E-state index contributed by atoms with van der Waals surface area (Å²) in [5, 5.41) is 11.4. The number of rotatable bonds is 4. The van der Waals surface area contributed by atoms with E-state index >= 15 is 0 Å². The third-order valence-corrected chi connectivity index (χ3v) is 5.20. The molecule has 0 amide bonds. The van der Waals surface area contributed by atoms with Gasteiger partial charge in [-0.05, 0) is 63.0 Å². The van der Waals surface area contributed by atoms with Crippen molar-refractivity contribution in [3.63, 3.8) is 0 Å². The van der Waals surface area contributed by atoms with Crippen molar-refractivity contribution in [1.29, 1.82) is 5.41 Å². The second-order valence-corrected chi connectivity index (χ2v) is 8.12. The lowest BCUT2D eigenvalue weighted by atomic mass is 9.71. The molecule has 0 spiro atoms. The minimum Gasteiger partial charge on any atom is -0.382 e. The summed E-state index contributed by atoms with van der Waals surface area (Å²) in [5.41, 5.74) is 1.96. The average molecular weight is 332 g/mol. The average Bonchev–Trinajstić information content (AvgIpc) is 2.46. The second kappa shape index (κ2) is 7.04. The van der Waals surface area contributed by atoms with Gasteiger partial charge in [-0.2, -0.15) is 0 Å². The molecule has 1 saturated carbocycles. The molecule has 0 bridgehead atoms. The number of carbonyl (C=O) groups excluding carboxylic acids is 1. The van der Waals surface area contributed by atoms with Gasteiger partial charge >= 0.3 is 0 Å². The largest absolute Gasteiger partial charge is 0.382 e. The van der Waals surface area contributed by atoms with E-state index in [0.717, 1.165) is 31.6 Å². The molecule has 1 aliphatic carbocycles. The monoisotopic (exact) mass is 332 g/mol. The van der Waals surface area contributed by atoms with Gasteiger partial charge in [0.25, 0.3) is 0 Å². The molecule has 132 valence electrons. The van der Waals surface area contributed by atoms with Crippen LogP contribution < -0.4 is 5.32 Å². The van der Waals surface area contributed by atoms with Crippen molar-refractivity contribution in [3.8, 4) is 0 Å². The van der Waals surface area contributed by atoms with E-state index in [-0.39, 0.29) is 11.3 Å². The van der Waals surface area contributed by atoms with Gasteiger partial charge in [0.1, 0.15) is 5.82 Å². The zero-order valence-corrected chi connectivity index (χ0v) is 15.4. The summed E-state index contributed by atoms with van der Waals surface area (Å²) < 4.78 is 14.2. The first-order valence-electron chi connectivity index (χ1n) is 8.76. The molecule has 0 atom stereocenters. The topological polar surface area (TPSA) is 53.0 Å². The van der Waals surface area contributed by atoms with Crippen LogP contribution in [0.25, 0.3) is 0 Å². The lowest BCUT2D eigenvalue weighted by Gasteiger charge is -2.37. The molecule has 0 unspecified atom stereocenters.